The Morgan fingerprint density at radius 1 is 1.12 bits per heavy atom. The second-order valence-electron chi connectivity index (χ2n) is 9.35. The van der Waals surface area contributed by atoms with Crippen molar-refractivity contribution in [3.05, 3.63) is 47.8 Å². The molecule has 1 aromatic carbocycles. The summed E-state index contributed by atoms with van der Waals surface area (Å²) in [6, 6.07) is 8.20. The Morgan fingerprint density at radius 2 is 1.84 bits per heavy atom. The molecule has 0 bridgehead atoms. The fraction of sp³-hybridized carbons (Fsp3) is 0.440. The first-order valence-corrected chi connectivity index (χ1v) is 11.0. The van der Waals surface area contributed by atoms with Crippen LogP contribution in [0.15, 0.2) is 36.7 Å². The Bertz CT molecular complexity index is 1110. The number of fused-ring (bicyclic) bond motifs is 1. The average molecular weight is 457 g/mol. The van der Waals surface area contributed by atoms with Crippen molar-refractivity contribution in [2.45, 2.75) is 45.4 Å². The van der Waals surface area contributed by atoms with E-state index in [9.17, 15) is 4.79 Å². The van der Waals surface area contributed by atoms with Gasteiger partial charge in [-0.25, -0.2) is 4.98 Å². The lowest BCUT2D eigenvalue weighted by Crippen LogP contribution is -2.35. The zero-order valence-corrected chi connectivity index (χ0v) is 20.4. The van der Waals surface area contributed by atoms with Crippen molar-refractivity contribution in [2.24, 2.45) is 7.05 Å². The fourth-order valence-electron chi connectivity index (χ4n) is 4.24. The number of carbonyl (C=O) groups excluding carboxylic acids is 1. The van der Waals surface area contributed by atoms with E-state index in [4.69, 9.17) is 4.74 Å². The van der Waals surface area contributed by atoms with E-state index in [1.807, 2.05) is 34.8 Å². The van der Waals surface area contributed by atoms with Gasteiger partial charge in [0.1, 0.15) is 11.6 Å². The lowest BCUT2D eigenvalue weighted by atomic mass is 9.87. The first-order chi connectivity index (χ1) is 14.8. The van der Waals surface area contributed by atoms with Crippen LogP contribution >= 0.6 is 12.4 Å². The zero-order chi connectivity index (χ0) is 22.2. The van der Waals surface area contributed by atoms with E-state index in [2.05, 4.69) is 43.2 Å². The molecule has 0 unspecified atom stereocenters. The van der Waals surface area contributed by atoms with Gasteiger partial charge in [0.25, 0.3) is 5.91 Å². The molecule has 1 aliphatic rings. The summed E-state index contributed by atoms with van der Waals surface area (Å²) in [4.78, 5) is 19.8. The number of nitrogens with one attached hydrogen (secondary N) is 1. The molecule has 1 fully saturated rings. The van der Waals surface area contributed by atoms with Crippen molar-refractivity contribution in [3.8, 4) is 5.75 Å². The van der Waals surface area contributed by atoms with Crippen molar-refractivity contribution in [3.63, 3.8) is 0 Å². The van der Waals surface area contributed by atoms with Crippen LogP contribution in [0.4, 0.5) is 11.5 Å². The van der Waals surface area contributed by atoms with Crippen molar-refractivity contribution in [1.82, 2.24) is 14.5 Å². The standard InChI is InChI=1S/C25H32N4O2.ClH/c1-25(2,3)17-9-10-21(31-5)20(15-17)27-23-18-11-14-28(4)22(18)19(16-26-23)24(30)29-12-7-6-8-13-29;/h9-11,14-16H,6-8,12-13H2,1-5H3,(H,26,27);1H. The first-order valence-electron chi connectivity index (χ1n) is 11.0. The predicted molar refractivity (Wildman–Crippen MR) is 133 cm³/mol. The Kier molecular flexibility index (Phi) is 7.03. The number of carbonyl (C=O) groups is 1. The maximum atomic E-state index is 13.2. The van der Waals surface area contributed by atoms with E-state index in [-0.39, 0.29) is 23.7 Å². The highest BCUT2D eigenvalue weighted by Crippen LogP contribution is 2.35. The number of likely N-dealkylation sites (tertiary alicyclic amines) is 1. The normalized spacial score (nSPS) is 14.2. The van der Waals surface area contributed by atoms with Gasteiger partial charge in [-0.1, -0.05) is 26.8 Å². The van der Waals surface area contributed by atoms with E-state index in [0.29, 0.717) is 5.56 Å². The van der Waals surface area contributed by atoms with Crippen LogP contribution in [0.1, 0.15) is 56.0 Å². The Labute approximate surface area is 196 Å². The summed E-state index contributed by atoms with van der Waals surface area (Å²) in [5, 5.41) is 4.39. The Morgan fingerprint density at radius 3 is 2.50 bits per heavy atom. The number of methoxy groups -OCH3 is 1. The lowest BCUT2D eigenvalue weighted by molar-refractivity contribution is 0.0725. The van der Waals surface area contributed by atoms with Gasteiger partial charge in [0.2, 0.25) is 0 Å². The number of hydrogen-bond acceptors (Lipinski definition) is 4. The summed E-state index contributed by atoms with van der Waals surface area (Å²) in [7, 11) is 3.64. The quantitative estimate of drug-likeness (QED) is 0.549. The number of benzene rings is 1. The first kappa shape index (κ1) is 23.9. The Hall–Kier alpha value is -2.73. The molecule has 4 rings (SSSR count). The maximum Gasteiger partial charge on any atom is 0.257 e. The largest absolute Gasteiger partial charge is 0.495 e. The molecule has 1 aliphatic heterocycles. The number of halogens is 1. The van der Waals surface area contributed by atoms with Crippen LogP contribution in [-0.2, 0) is 12.5 Å². The van der Waals surface area contributed by atoms with E-state index in [1.54, 1.807) is 13.3 Å². The monoisotopic (exact) mass is 456 g/mol. The molecule has 3 aromatic rings. The number of hydrogen-bond donors (Lipinski definition) is 1. The van der Waals surface area contributed by atoms with E-state index in [1.165, 1.54) is 12.0 Å². The lowest BCUT2D eigenvalue weighted by Gasteiger charge is -2.27. The fourth-order valence-corrected chi connectivity index (χ4v) is 4.24. The maximum absolute atomic E-state index is 13.2. The van der Waals surface area contributed by atoms with E-state index < -0.39 is 0 Å². The highest BCUT2D eigenvalue weighted by molar-refractivity contribution is 6.08. The minimum atomic E-state index is 0. The molecular weight excluding hydrogens is 424 g/mol. The van der Waals surface area contributed by atoms with Gasteiger partial charge in [0.15, 0.2) is 0 Å². The molecule has 32 heavy (non-hydrogen) atoms. The van der Waals surface area contributed by atoms with Gasteiger partial charge in [-0.3, -0.25) is 4.79 Å². The second-order valence-corrected chi connectivity index (χ2v) is 9.35. The second kappa shape index (κ2) is 9.41. The minimum Gasteiger partial charge on any atom is -0.495 e. The number of nitrogens with zero attached hydrogens (tertiary/aromatic N) is 3. The summed E-state index contributed by atoms with van der Waals surface area (Å²) >= 11 is 0. The summed E-state index contributed by atoms with van der Waals surface area (Å²) in [5.74, 6) is 1.54. The third-order valence-corrected chi connectivity index (χ3v) is 6.10. The molecule has 0 atom stereocenters. The van der Waals surface area contributed by atoms with Gasteiger partial charge in [0, 0.05) is 37.9 Å². The van der Waals surface area contributed by atoms with Gasteiger partial charge in [-0.15, -0.1) is 12.4 Å². The number of aromatic nitrogens is 2. The Balaban J connectivity index is 0.00000289. The zero-order valence-electron chi connectivity index (χ0n) is 19.6. The molecule has 1 saturated heterocycles. The molecule has 172 valence electrons. The highest BCUT2D eigenvalue weighted by atomic mass is 35.5. The summed E-state index contributed by atoms with van der Waals surface area (Å²) in [5.41, 5.74) is 3.65. The molecule has 0 aliphatic carbocycles. The van der Waals surface area contributed by atoms with Crippen LogP contribution in [0.2, 0.25) is 0 Å². The number of ether oxygens (including phenoxy) is 1. The molecule has 1 N–H and O–H groups in total. The molecule has 1 amide bonds. The van der Waals surface area contributed by atoms with Crippen LogP contribution < -0.4 is 10.1 Å². The highest BCUT2D eigenvalue weighted by Gasteiger charge is 2.23. The summed E-state index contributed by atoms with van der Waals surface area (Å²) < 4.78 is 7.59. The van der Waals surface area contributed by atoms with Crippen molar-refractivity contribution in [2.75, 3.05) is 25.5 Å². The van der Waals surface area contributed by atoms with Crippen molar-refractivity contribution in [1.29, 1.82) is 0 Å². The molecule has 0 spiro atoms. The number of piperidine rings is 1. The molecule has 2 aromatic heterocycles. The van der Waals surface area contributed by atoms with Gasteiger partial charge in [-0.2, -0.15) is 0 Å². The number of pyridine rings is 1. The van der Waals surface area contributed by atoms with Crippen molar-refractivity contribution >= 4 is 40.7 Å². The van der Waals surface area contributed by atoms with Crippen LogP contribution in [-0.4, -0.2) is 40.6 Å². The molecule has 3 heterocycles. The van der Waals surface area contributed by atoms with Crippen LogP contribution in [0.5, 0.6) is 5.75 Å². The molecule has 0 radical (unpaired) electrons. The van der Waals surface area contributed by atoms with E-state index in [0.717, 1.165) is 54.1 Å². The van der Waals surface area contributed by atoms with E-state index >= 15 is 0 Å². The number of amides is 1. The minimum absolute atomic E-state index is 0. The van der Waals surface area contributed by atoms with Gasteiger partial charge < -0.3 is 19.5 Å². The smallest absolute Gasteiger partial charge is 0.257 e. The average Bonchev–Trinajstić information content (AvgIpc) is 3.15. The third-order valence-electron chi connectivity index (χ3n) is 6.10. The van der Waals surface area contributed by atoms with Gasteiger partial charge >= 0.3 is 0 Å². The summed E-state index contributed by atoms with van der Waals surface area (Å²) in [6.07, 6.45) is 7.02. The molecular formula is C25H33ClN4O2. The van der Waals surface area contributed by atoms with Crippen LogP contribution in [0.3, 0.4) is 0 Å². The SMILES string of the molecule is COc1ccc(C(C)(C)C)cc1Nc1ncc(C(=O)N2CCCCC2)c2c1ccn2C.Cl. The predicted octanol–water partition coefficient (Wildman–Crippen LogP) is 5.67. The van der Waals surface area contributed by atoms with Crippen molar-refractivity contribution < 1.29 is 9.53 Å². The van der Waals surface area contributed by atoms with Gasteiger partial charge in [0.05, 0.1) is 23.9 Å². The van der Waals surface area contributed by atoms with Gasteiger partial charge in [-0.05, 0) is 48.4 Å². The molecule has 7 heteroatoms. The molecule has 0 saturated carbocycles. The number of aryl methyl sites for hydroxylation is 1. The number of rotatable bonds is 4. The topological polar surface area (TPSA) is 59.4 Å². The third kappa shape index (κ3) is 4.56. The van der Waals surface area contributed by atoms with Crippen LogP contribution in [0, 0.1) is 0 Å². The molecule has 6 nitrogen and oxygen atoms in total. The summed E-state index contributed by atoms with van der Waals surface area (Å²) in [6.45, 7) is 8.21. The van der Waals surface area contributed by atoms with Crippen LogP contribution in [0.25, 0.3) is 10.9 Å². The number of anilines is 2.